The van der Waals surface area contributed by atoms with Gasteiger partial charge in [-0.3, -0.25) is 14.7 Å². The largest absolute Gasteiger partial charge is 0.282 e. The van der Waals surface area contributed by atoms with Gasteiger partial charge in [0.05, 0.1) is 22.5 Å². The third-order valence-corrected chi connectivity index (χ3v) is 6.61. The van der Waals surface area contributed by atoms with Gasteiger partial charge >= 0.3 is 0 Å². The van der Waals surface area contributed by atoms with Crippen LogP contribution >= 0.6 is 34.7 Å². The van der Waals surface area contributed by atoms with Crippen LogP contribution in [0.5, 0.6) is 0 Å². The van der Waals surface area contributed by atoms with E-state index in [-0.39, 0.29) is 11.7 Å². The second kappa shape index (κ2) is 9.55. The van der Waals surface area contributed by atoms with Gasteiger partial charge in [0, 0.05) is 28.3 Å². The van der Waals surface area contributed by atoms with E-state index in [1.165, 1.54) is 35.2 Å². The number of pyridine rings is 1. The lowest BCUT2D eigenvalue weighted by Crippen LogP contribution is -2.30. The van der Waals surface area contributed by atoms with Crippen molar-refractivity contribution in [1.29, 1.82) is 0 Å². The van der Waals surface area contributed by atoms with Crippen LogP contribution in [0.4, 0.5) is 9.52 Å². The molecule has 0 bridgehead atoms. The zero-order valence-corrected chi connectivity index (χ0v) is 18.2. The number of carbonyl (C=O) groups is 1. The number of hydrogen-bond acceptors (Lipinski definition) is 5. The van der Waals surface area contributed by atoms with Crippen molar-refractivity contribution in [3.63, 3.8) is 0 Å². The van der Waals surface area contributed by atoms with Crippen LogP contribution in [-0.4, -0.2) is 21.6 Å². The van der Waals surface area contributed by atoms with Crippen molar-refractivity contribution < 1.29 is 9.18 Å². The lowest BCUT2D eigenvalue weighted by molar-refractivity contribution is -0.118. The Hall–Kier alpha value is -2.48. The zero-order chi connectivity index (χ0) is 20.9. The molecule has 0 aliphatic rings. The van der Waals surface area contributed by atoms with Gasteiger partial charge in [0.25, 0.3) is 0 Å². The highest BCUT2D eigenvalue weighted by atomic mass is 35.5. The topological polar surface area (TPSA) is 46.1 Å². The molecule has 2 aromatic carbocycles. The van der Waals surface area contributed by atoms with E-state index >= 15 is 0 Å². The molecule has 0 N–H and O–H groups in total. The van der Waals surface area contributed by atoms with E-state index in [1.807, 2.05) is 30.3 Å². The van der Waals surface area contributed by atoms with Crippen LogP contribution in [0.15, 0.2) is 71.8 Å². The summed E-state index contributed by atoms with van der Waals surface area (Å²) < 4.78 is 14.0. The molecule has 4 aromatic rings. The summed E-state index contributed by atoms with van der Waals surface area (Å²) in [6.07, 6.45) is 2.03. The maximum atomic E-state index is 13.1. The van der Waals surface area contributed by atoms with Gasteiger partial charge in [0.1, 0.15) is 5.82 Å². The number of hydrogen-bond donors (Lipinski definition) is 0. The van der Waals surface area contributed by atoms with Crippen LogP contribution in [-0.2, 0) is 11.3 Å². The molecule has 8 heteroatoms. The molecule has 30 heavy (non-hydrogen) atoms. The average Bonchev–Trinajstić information content (AvgIpc) is 3.17. The second-order valence-electron chi connectivity index (χ2n) is 6.46. The minimum Gasteiger partial charge on any atom is -0.282 e. The predicted molar refractivity (Wildman–Crippen MR) is 122 cm³/mol. The fourth-order valence-corrected chi connectivity index (χ4v) is 4.94. The molecule has 0 saturated carbocycles. The highest BCUT2D eigenvalue weighted by Gasteiger charge is 2.20. The summed E-state index contributed by atoms with van der Waals surface area (Å²) in [5.41, 5.74) is 1.59. The Morgan fingerprint density at radius 3 is 2.73 bits per heavy atom. The van der Waals surface area contributed by atoms with Gasteiger partial charge in [-0.15, -0.1) is 11.8 Å². The number of carbonyl (C=O) groups excluding carboxylic acids is 1. The molecule has 0 aliphatic carbocycles. The van der Waals surface area contributed by atoms with Crippen molar-refractivity contribution >= 4 is 56.0 Å². The SMILES string of the molecule is O=C(CCSc1ccc(F)cc1)N(Cc1ccccn1)c1nc2ccc(Cl)cc2s1. The smallest absolute Gasteiger partial charge is 0.229 e. The Morgan fingerprint density at radius 2 is 1.97 bits per heavy atom. The Balaban J connectivity index is 1.52. The summed E-state index contributed by atoms with van der Waals surface area (Å²) in [6.45, 7) is 0.342. The minimum absolute atomic E-state index is 0.0413. The molecule has 0 unspecified atom stereocenters. The van der Waals surface area contributed by atoms with E-state index in [2.05, 4.69) is 9.97 Å². The standard InChI is InChI=1S/C22H17ClFN3OS2/c23-15-4-9-19-20(13-15)30-22(26-19)27(14-17-3-1-2-11-25-17)21(28)10-12-29-18-7-5-16(24)6-8-18/h1-9,11,13H,10,12,14H2. The van der Waals surface area contributed by atoms with Gasteiger partial charge in [0.2, 0.25) is 5.91 Å². The van der Waals surface area contributed by atoms with Crippen LogP contribution in [0.3, 0.4) is 0 Å². The van der Waals surface area contributed by atoms with Crippen molar-refractivity contribution in [3.8, 4) is 0 Å². The highest BCUT2D eigenvalue weighted by Crippen LogP contribution is 2.32. The van der Waals surface area contributed by atoms with E-state index in [0.717, 1.165) is 20.8 Å². The monoisotopic (exact) mass is 457 g/mol. The Morgan fingerprint density at radius 1 is 1.13 bits per heavy atom. The molecule has 0 aliphatic heterocycles. The molecular weight excluding hydrogens is 441 g/mol. The molecule has 1 amide bonds. The quantitative estimate of drug-likeness (QED) is 0.310. The molecule has 0 spiro atoms. The average molecular weight is 458 g/mol. The number of benzene rings is 2. The van der Waals surface area contributed by atoms with Gasteiger partial charge in [0.15, 0.2) is 5.13 Å². The van der Waals surface area contributed by atoms with Crippen LogP contribution in [0.25, 0.3) is 10.2 Å². The van der Waals surface area contributed by atoms with E-state index in [4.69, 9.17) is 11.6 Å². The van der Waals surface area contributed by atoms with Crippen LogP contribution in [0, 0.1) is 5.82 Å². The number of anilines is 1. The molecule has 0 fully saturated rings. The fraction of sp³-hybridized carbons (Fsp3) is 0.136. The summed E-state index contributed by atoms with van der Waals surface area (Å²) in [7, 11) is 0. The van der Waals surface area contributed by atoms with E-state index < -0.39 is 0 Å². The first-order valence-corrected chi connectivity index (χ1v) is 11.4. The lowest BCUT2D eigenvalue weighted by atomic mass is 10.3. The maximum Gasteiger partial charge on any atom is 0.229 e. The summed E-state index contributed by atoms with van der Waals surface area (Å²) in [5, 5.41) is 1.26. The molecule has 2 heterocycles. The molecular formula is C22H17ClFN3OS2. The van der Waals surface area contributed by atoms with Crippen molar-refractivity contribution in [3.05, 3.63) is 83.4 Å². The van der Waals surface area contributed by atoms with Crippen molar-refractivity contribution in [1.82, 2.24) is 9.97 Å². The molecule has 4 nitrogen and oxygen atoms in total. The third kappa shape index (κ3) is 5.16. The second-order valence-corrected chi connectivity index (χ2v) is 9.08. The van der Waals surface area contributed by atoms with Crippen LogP contribution < -0.4 is 4.90 Å². The first-order chi connectivity index (χ1) is 14.6. The Bertz CT molecular complexity index is 1150. The molecule has 2 aromatic heterocycles. The molecule has 4 rings (SSSR count). The van der Waals surface area contributed by atoms with Gasteiger partial charge in [-0.25, -0.2) is 9.37 Å². The van der Waals surface area contributed by atoms with Crippen LogP contribution in [0.1, 0.15) is 12.1 Å². The number of rotatable bonds is 7. The van der Waals surface area contributed by atoms with Gasteiger partial charge in [-0.1, -0.05) is 29.0 Å². The normalized spacial score (nSPS) is 11.0. The minimum atomic E-state index is -0.270. The summed E-state index contributed by atoms with van der Waals surface area (Å²) in [6, 6.07) is 17.4. The van der Waals surface area contributed by atoms with Crippen molar-refractivity contribution in [2.45, 2.75) is 17.9 Å². The van der Waals surface area contributed by atoms with Crippen LogP contribution in [0.2, 0.25) is 5.02 Å². The number of thiazole rings is 1. The number of halogens is 2. The number of nitrogens with zero attached hydrogens (tertiary/aromatic N) is 3. The van der Waals surface area contributed by atoms with Gasteiger partial charge in [-0.2, -0.15) is 0 Å². The van der Waals surface area contributed by atoms with Crippen molar-refractivity contribution in [2.24, 2.45) is 0 Å². The molecule has 0 atom stereocenters. The molecule has 152 valence electrons. The zero-order valence-electron chi connectivity index (χ0n) is 15.8. The summed E-state index contributed by atoms with van der Waals surface area (Å²) in [4.78, 5) is 24.7. The highest BCUT2D eigenvalue weighted by molar-refractivity contribution is 7.99. The van der Waals surface area contributed by atoms with E-state index in [9.17, 15) is 9.18 Å². The van der Waals surface area contributed by atoms with Gasteiger partial charge < -0.3 is 0 Å². The number of amides is 1. The summed E-state index contributed by atoms with van der Waals surface area (Å²) in [5.74, 6) is 0.272. The number of thioether (sulfide) groups is 1. The number of aromatic nitrogens is 2. The lowest BCUT2D eigenvalue weighted by Gasteiger charge is -2.19. The predicted octanol–water partition coefficient (Wildman–Crippen LogP) is 6.20. The van der Waals surface area contributed by atoms with E-state index in [0.29, 0.717) is 28.9 Å². The van der Waals surface area contributed by atoms with E-state index in [1.54, 1.807) is 29.3 Å². The first kappa shape index (κ1) is 20.8. The molecule has 0 radical (unpaired) electrons. The van der Waals surface area contributed by atoms with Gasteiger partial charge in [-0.05, 0) is 54.6 Å². The molecule has 0 saturated heterocycles. The third-order valence-electron chi connectivity index (χ3n) is 4.32. The fourth-order valence-electron chi connectivity index (χ4n) is 2.84. The maximum absolute atomic E-state index is 13.1. The summed E-state index contributed by atoms with van der Waals surface area (Å²) >= 11 is 9.05. The Kier molecular flexibility index (Phi) is 6.62. The number of fused-ring (bicyclic) bond motifs is 1. The van der Waals surface area contributed by atoms with Crippen molar-refractivity contribution in [2.75, 3.05) is 10.7 Å². The Labute approximate surface area is 186 Å². The first-order valence-electron chi connectivity index (χ1n) is 9.23.